The van der Waals surface area contributed by atoms with Crippen LogP contribution in [0.25, 0.3) is 0 Å². The van der Waals surface area contributed by atoms with Gasteiger partial charge in [-0.1, -0.05) is 60.7 Å². The Bertz CT molecular complexity index is 988. The maximum atomic E-state index is 12.6. The van der Waals surface area contributed by atoms with Crippen LogP contribution in [0.5, 0.6) is 0 Å². The number of hydrogen-bond donors (Lipinski definition) is 2. The molecule has 0 saturated carbocycles. The first-order valence-electron chi connectivity index (χ1n) is 10.6. The maximum absolute atomic E-state index is 12.6. The summed E-state index contributed by atoms with van der Waals surface area (Å²) >= 11 is 1.75. The van der Waals surface area contributed by atoms with Gasteiger partial charge in [0.1, 0.15) is 12.9 Å². The second-order valence-electron chi connectivity index (χ2n) is 7.44. The standard InChI is InChI=1S/C24H27N3O4.C2H6S/c1-3-4-5-13-31-17-22(25)23(15-19-9-11-21(12-10-19)27(29)30)26-24(28)16-20-8-6-7-18(2)14-20;1-3-2/h3-12,14,17,23H,1,13,15-16,25H2,2H3,(H,26,28);1-2H3/b5-4+,22-17-;/t23-;/m0./s1. The number of allylic oxidation sites excluding steroid dienone is 2. The first-order chi connectivity index (χ1) is 16.3. The smallest absolute Gasteiger partial charge is 0.269 e. The van der Waals surface area contributed by atoms with Gasteiger partial charge in [0.15, 0.2) is 0 Å². The average Bonchev–Trinajstić information content (AvgIpc) is 2.79. The van der Waals surface area contributed by atoms with Gasteiger partial charge in [-0.05, 0) is 43.1 Å². The van der Waals surface area contributed by atoms with E-state index in [9.17, 15) is 14.9 Å². The molecule has 8 heteroatoms. The largest absolute Gasteiger partial charge is 0.495 e. The molecular formula is C26H33N3O4S. The lowest BCUT2D eigenvalue weighted by molar-refractivity contribution is -0.384. The molecule has 2 aromatic carbocycles. The number of ether oxygens (including phenoxy) is 1. The molecule has 0 aliphatic carbocycles. The molecule has 0 unspecified atom stereocenters. The lowest BCUT2D eigenvalue weighted by Crippen LogP contribution is -2.41. The van der Waals surface area contributed by atoms with Crippen LogP contribution in [0.1, 0.15) is 16.7 Å². The number of hydrogen-bond acceptors (Lipinski definition) is 6. The van der Waals surface area contributed by atoms with Crippen molar-refractivity contribution in [1.29, 1.82) is 0 Å². The molecule has 0 bridgehead atoms. The average molecular weight is 484 g/mol. The molecule has 2 rings (SSSR count). The van der Waals surface area contributed by atoms with E-state index in [1.165, 1.54) is 18.4 Å². The summed E-state index contributed by atoms with van der Waals surface area (Å²) in [5.41, 5.74) is 9.33. The Hall–Kier alpha value is -3.52. The van der Waals surface area contributed by atoms with Gasteiger partial charge < -0.3 is 15.8 Å². The first kappa shape index (κ1) is 28.5. The summed E-state index contributed by atoms with van der Waals surface area (Å²) in [6.45, 7) is 5.87. The van der Waals surface area contributed by atoms with Crippen LogP contribution < -0.4 is 11.1 Å². The summed E-state index contributed by atoms with van der Waals surface area (Å²) in [5.74, 6) is -0.180. The minimum absolute atomic E-state index is 0.00429. The van der Waals surface area contributed by atoms with E-state index in [4.69, 9.17) is 10.5 Å². The highest BCUT2D eigenvalue weighted by molar-refractivity contribution is 7.97. The molecule has 1 amide bonds. The number of nitrogens with one attached hydrogen (secondary N) is 1. The third kappa shape index (κ3) is 11.4. The van der Waals surface area contributed by atoms with Crippen molar-refractivity contribution in [2.24, 2.45) is 5.73 Å². The molecule has 0 spiro atoms. The molecule has 0 heterocycles. The fourth-order valence-corrected chi connectivity index (χ4v) is 2.93. The number of aryl methyl sites for hydroxylation is 1. The molecule has 2 aromatic rings. The van der Waals surface area contributed by atoms with Crippen LogP contribution in [0.2, 0.25) is 0 Å². The van der Waals surface area contributed by atoms with Gasteiger partial charge in [-0.15, -0.1) is 0 Å². The fraction of sp³-hybridized carbons (Fsp3) is 0.269. The lowest BCUT2D eigenvalue weighted by Gasteiger charge is -2.19. The Balaban J connectivity index is 0.00000182. The highest BCUT2D eigenvalue weighted by atomic mass is 32.2. The van der Waals surface area contributed by atoms with Crippen LogP contribution in [-0.2, 0) is 22.4 Å². The van der Waals surface area contributed by atoms with Crippen LogP contribution >= 0.6 is 11.8 Å². The normalized spacial score (nSPS) is 11.8. The predicted octanol–water partition coefficient (Wildman–Crippen LogP) is 4.71. The van der Waals surface area contributed by atoms with E-state index in [1.807, 2.05) is 43.7 Å². The quantitative estimate of drug-likeness (QED) is 0.158. The first-order valence-corrected chi connectivity index (χ1v) is 12.3. The maximum Gasteiger partial charge on any atom is 0.269 e. The van der Waals surface area contributed by atoms with Gasteiger partial charge in [-0.3, -0.25) is 14.9 Å². The number of non-ortho nitro benzene ring substituents is 1. The number of nitrogens with two attached hydrogens (primary N) is 1. The van der Waals surface area contributed by atoms with Crippen molar-refractivity contribution < 1.29 is 14.5 Å². The third-order valence-corrected chi connectivity index (χ3v) is 4.46. The van der Waals surface area contributed by atoms with E-state index in [-0.39, 0.29) is 18.0 Å². The number of carbonyl (C=O) groups is 1. The number of nitro groups is 1. The molecule has 0 saturated heterocycles. The number of benzene rings is 2. The lowest BCUT2D eigenvalue weighted by atomic mass is 10.0. The van der Waals surface area contributed by atoms with Gasteiger partial charge in [-0.25, -0.2) is 0 Å². The van der Waals surface area contributed by atoms with Gasteiger partial charge >= 0.3 is 0 Å². The number of rotatable bonds is 11. The van der Waals surface area contributed by atoms with Crippen LogP contribution in [0, 0.1) is 17.0 Å². The van der Waals surface area contributed by atoms with Gasteiger partial charge in [0.2, 0.25) is 5.91 Å². The monoisotopic (exact) mass is 483 g/mol. The molecule has 7 nitrogen and oxygen atoms in total. The molecule has 1 atom stereocenters. The molecule has 0 aliphatic heterocycles. The Morgan fingerprint density at radius 3 is 2.50 bits per heavy atom. The number of nitro benzene ring substituents is 1. The van der Waals surface area contributed by atoms with Gasteiger partial charge in [0, 0.05) is 12.1 Å². The highest BCUT2D eigenvalue weighted by Crippen LogP contribution is 2.15. The van der Waals surface area contributed by atoms with Crippen LogP contribution in [0.15, 0.2) is 85.3 Å². The van der Waals surface area contributed by atoms with E-state index in [0.717, 1.165) is 16.7 Å². The Labute approximate surface area is 205 Å². The van der Waals surface area contributed by atoms with Crippen molar-refractivity contribution in [1.82, 2.24) is 5.32 Å². The van der Waals surface area contributed by atoms with Crippen molar-refractivity contribution in [2.75, 3.05) is 19.1 Å². The SMILES string of the molecule is C=C/C=C/CO/C=C(\N)[C@H](Cc1ccc([N+](=O)[O-])cc1)NC(=O)Cc1cccc(C)c1.CSC. The second-order valence-corrected chi connectivity index (χ2v) is 8.25. The molecular weight excluding hydrogens is 450 g/mol. The molecule has 0 fully saturated rings. The van der Waals surface area contributed by atoms with Crippen molar-refractivity contribution >= 4 is 23.4 Å². The molecule has 3 N–H and O–H groups in total. The molecule has 0 aromatic heterocycles. The van der Waals surface area contributed by atoms with Crippen molar-refractivity contribution in [3.05, 3.63) is 112 Å². The van der Waals surface area contributed by atoms with Crippen molar-refractivity contribution in [3.8, 4) is 0 Å². The summed E-state index contributed by atoms with van der Waals surface area (Å²) in [6.07, 6.45) is 11.2. The van der Waals surface area contributed by atoms with Crippen LogP contribution in [0.4, 0.5) is 5.69 Å². The van der Waals surface area contributed by atoms with Gasteiger partial charge in [0.05, 0.1) is 23.1 Å². The Kier molecular flexibility index (Phi) is 13.5. The van der Waals surface area contributed by atoms with Crippen LogP contribution in [-0.4, -0.2) is 36.0 Å². The number of thioether (sulfide) groups is 1. The van der Waals surface area contributed by atoms with Crippen LogP contribution in [0.3, 0.4) is 0 Å². The van der Waals surface area contributed by atoms with E-state index in [2.05, 4.69) is 11.9 Å². The second kappa shape index (κ2) is 16.1. The van der Waals surface area contributed by atoms with E-state index in [1.54, 1.807) is 42.1 Å². The Morgan fingerprint density at radius 1 is 1.24 bits per heavy atom. The summed E-state index contributed by atoms with van der Waals surface area (Å²) in [7, 11) is 0. The zero-order valence-electron chi connectivity index (χ0n) is 19.9. The fourth-order valence-electron chi connectivity index (χ4n) is 2.93. The van der Waals surface area contributed by atoms with Gasteiger partial charge in [-0.2, -0.15) is 11.8 Å². The van der Waals surface area contributed by atoms with E-state index >= 15 is 0 Å². The topological polar surface area (TPSA) is 107 Å². The minimum atomic E-state index is -0.526. The summed E-state index contributed by atoms with van der Waals surface area (Å²) in [5, 5.41) is 13.8. The highest BCUT2D eigenvalue weighted by Gasteiger charge is 2.17. The number of nitrogens with zero attached hydrogens (tertiary/aromatic N) is 1. The predicted molar refractivity (Wildman–Crippen MR) is 141 cm³/mol. The van der Waals surface area contributed by atoms with Crippen molar-refractivity contribution in [2.45, 2.75) is 25.8 Å². The molecule has 182 valence electrons. The zero-order chi connectivity index (χ0) is 25.3. The van der Waals surface area contributed by atoms with Gasteiger partial charge in [0.25, 0.3) is 5.69 Å². The third-order valence-electron chi connectivity index (χ3n) is 4.46. The minimum Gasteiger partial charge on any atom is -0.495 e. The number of carbonyl (C=O) groups excluding carboxylic acids is 1. The molecule has 0 radical (unpaired) electrons. The number of amides is 1. The summed E-state index contributed by atoms with van der Waals surface area (Å²) < 4.78 is 5.42. The van der Waals surface area contributed by atoms with E-state index in [0.29, 0.717) is 18.7 Å². The summed E-state index contributed by atoms with van der Waals surface area (Å²) in [6, 6.07) is 13.4. The zero-order valence-corrected chi connectivity index (χ0v) is 20.7. The molecule has 0 aliphatic rings. The summed E-state index contributed by atoms with van der Waals surface area (Å²) in [4.78, 5) is 23.1. The Morgan fingerprint density at radius 2 is 1.91 bits per heavy atom. The van der Waals surface area contributed by atoms with E-state index < -0.39 is 11.0 Å². The molecule has 34 heavy (non-hydrogen) atoms. The van der Waals surface area contributed by atoms with Crippen molar-refractivity contribution in [3.63, 3.8) is 0 Å².